The second kappa shape index (κ2) is 4.03. The number of halogens is 1. The highest BCUT2D eigenvalue weighted by molar-refractivity contribution is 6.31. The average molecular weight is 226 g/mol. The lowest BCUT2D eigenvalue weighted by Crippen LogP contribution is -2.20. The molecule has 0 bridgehead atoms. The molecule has 2 nitrogen and oxygen atoms in total. The molecule has 0 saturated carbocycles. The predicted molar refractivity (Wildman–Crippen MR) is 62.6 cm³/mol. The summed E-state index contributed by atoms with van der Waals surface area (Å²) in [4.78, 5) is 0. The molecule has 1 aromatic carbocycles. The Morgan fingerprint density at radius 2 is 2.07 bits per heavy atom. The molecule has 1 aliphatic rings. The molecular weight excluding hydrogens is 210 g/mol. The van der Waals surface area contributed by atoms with E-state index in [0.717, 1.165) is 29.2 Å². The van der Waals surface area contributed by atoms with Crippen LogP contribution in [0.3, 0.4) is 0 Å². The van der Waals surface area contributed by atoms with Gasteiger partial charge in [0.15, 0.2) is 0 Å². The second-order valence-corrected chi connectivity index (χ2v) is 4.57. The van der Waals surface area contributed by atoms with Crippen molar-refractivity contribution in [2.24, 2.45) is 5.73 Å². The van der Waals surface area contributed by atoms with Gasteiger partial charge < -0.3 is 10.5 Å². The molecule has 1 aromatic rings. The van der Waals surface area contributed by atoms with Crippen molar-refractivity contribution in [1.29, 1.82) is 0 Å². The molecule has 2 unspecified atom stereocenters. The molecular formula is C12H16ClNO. The van der Waals surface area contributed by atoms with Crippen LogP contribution < -0.4 is 10.5 Å². The molecule has 0 fully saturated rings. The molecule has 1 aliphatic carbocycles. The summed E-state index contributed by atoms with van der Waals surface area (Å²) in [7, 11) is 1.69. The van der Waals surface area contributed by atoms with E-state index in [4.69, 9.17) is 22.1 Å². The summed E-state index contributed by atoms with van der Waals surface area (Å²) >= 11 is 6.20. The van der Waals surface area contributed by atoms with Crippen LogP contribution in [0.25, 0.3) is 0 Å². The molecule has 0 aliphatic heterocycles. The van der Waals surface area contributed by atoms with Gasteiger partial charge in [0, 0.05) is 16.6 Å². The maximum absolute atomic E-state index is 6.20. The Bertz CT molecular complexity index is 378. The van der Waals surface area contributed by atoms with Gasteiger partial charge in [-0.15, -0.1) is 0 Å². The number of fused-ring (bicyclic) bond motifs is 1. The molecule has 0 heterocycles. The normalized spacial score (nSPS) is 24.8. The van der Waals surface area contributed by atoms with Gasteiger partial charge in [-0.25, -0.2) is 0 Å². The van der Waals surface area contributed by atoms with Gasteiger partial charge in [-0.2, -0.15) is 0 Å². The lowest BCUT2D eigenvalue weighted by molar-refractivity contribution is 0.395. The fraction of sp³-hybridized carbons (Fsp3) is 0.500. The minimum Gasteiger partial charge on any atom is -0.496 e. The Morgan fingerprint density at radius 3 is 2.73 bits per heavy atom. The maximum Gasteiger partial charge on any atom is 0.122 e. The first-order chi connectivity index (χ1) is 7.15. The van der Waals surface area contributed by atoms with Crippen molar-refractivity contribution in [1.82, 2.24) is 0 Å². The van der Waals surface area contributed by atoms with Crippen LogP contribution >= 0.6 is 11.6 Å². The second-order valence-electron chi connectivity index (χ2n) is 4.16. The Labute approximate surface area is 95.4 Å². The van der Waals surface area contributed by atoms with Crippen LogP contribution in [0.5, 0.6) is 5.75 Å². The minimum absolute atomic E-state index is 0.0544. The monoisotopic (exact) mass is 225 g/mol. The molecule has 0 saturated heterocycles. The summed E-state index contributed by atoms with van der Waals surface area (Å²) in [6.07, 6.45) is 2.10. The molecule has 2 N–H and O–H groups in total. The third-order valence-electron chi connectivity index (χ3n) is 3.19. The lowest BCUT2D eigenvalue weighted by atomic mass is 9.81. The van der Waals surface area contributed by atoms with Crippen molar-refractivity contribution in [2.75, 3.05) is 7.11 Å². The first-order valence-corrected chi connectivity index (χ1v) is 5.64. The third-order valence-corrected chi connectivity index (χ3v) is 3.52. The fourth-order valence-electron chi connectivity index (χ4n) is 2.37. The number of ether oxygens (including phenoxy) is 1. The number of benzene rings is 1. The van der Waals surface area contributed by atoms with Gasteiger partial charge in [0.05, 0.1) is 7.11 Å². The van der Waals surface area contributed by atoms with Crippen molar-refractivity contribution < 1.29 is 4.74 Å². The van der Waals surface area contributed by atoms with Gasteiger partial charge in [-0.1, -0.05) is 18.5 Å². The lowest BCUT2D eigenvalue weighted by Gasteiger charge is -2.29. The summed E-state index contributed by atoms with van der Waals surface area (Å²) in [5.41, 5.74) is 8.37. The van der Waals surface area contributed by atoms with Crippen LogP contribution in [0.1, 0.15) is 42.9 Å². The van der Waals surface area contributed by atoms with E-state index >= 15 is 0 Å². The van der Waals surface area contributed by atoms with Gasteiger partial charge in [-0.3, -0.25) is 0 Å². The zero-order valence-electron chi connectivity index (χ0n) is 9.09. The Kier molecular flexibility index (Phi) is 2.89. The summed E-state index contributed by atoms with van der Waals surface area (Å²) < 4.78 is 5.37. The molecule has 15 heavy (non-hydrogen) atoms. The van der Waals surface area contributed by atoms with Crippen LogP contribution in [0.4, 0.5) is 0 Å². The van der Waals surface area contributed by atoms with E-state index in [1.165, 1.54) is 5.56 Å². The van der Waals surface area contributed by atoms with Gasteiger partial charge in [-0.05, 0) is 36.5 Å². The zero-order chi connectivity index (χ0) is 11.0. The van der Waals surface area contributed by atoms with Crippen LogP contribution in [-0.2, 0) is 0 Å². The van der Waals surface area contributed by atoms with Crippen LogP contribution in [-0.4, -0.2) is 7.11 Å². The van der Waals surface area contributed by atoms with Crippen molar-refractivity contribution >= 4 is 11.6 Å². The number of hydrogen-bond donors (Lipinski definition) is 1. The first kappa shape index (κ1) is 10.8. The highest BCUT2D eigenvalue weighted by atomic mass is 35.5. The molecule has 2 rings (SSSR count). The number of rotatable bonds is 1. The smallest absolute Gasteiger partial charge is 0.122 e. The molecule has 0 radical (unpaired) electrons. The average Bonchev–Trinajstić information content (AvgIpc) is 2.23. The predicted octanol–water partition coefficient (Wildman–Crippen LogP) is 3.25. The topological polar surface area (TPSA) is 35.2 Å². The zero-order valence-corrected chi connectivity index (χ0v) is 9.84. The Balaban J connectivity index is 2.63. The van der Waals surface area contributed by atoms with E-state index < -0.39 is 0 Å². The maximum atomic E-state index is 6.20. The Morgan fingerprint density at radius 1 is 1.33 bits per heavy atom. The molecule has 2 atom stereocenters. The van der Waals surface area contributed by atoms with E-state index in [-0.39, 0.29) is 6.04 Å². The molecule has 0 amide bonds. The van der Waals surface area contributed by atoms with Gasteiger partial charge >= 0.3 is 0 Å². The van der Waals surface area contributed by atoms with E-state index in [2.05, 4.69) is 6.92 Å². The summed E-state index contributed by atoms with van der Waals surface area (Å²) in [6, 6.07) is 3.85. The fourth-order valence-corrected chi connectivity index (χ4v) is 2.68. The van der Waals surface area contributed by atoms with Crippen molar-refractivity contribution in [3.05, 3.63) is 28.3 Å². The van der Waals surface area contributed by atoms with Gasteiger partial charge in [0.1, 0.15) is 5.75 Å². The highest BCUT2D eigenvalue weighted by Crippen LogP contribution is 2.44. The van der Waals surface area contributed by atoms with Gasteiger partial charge in [0.25, 0.3) is 0 Å². The standard InChI is InChI=1S/C12H16ClNO/c1-7-3-5-9(14)12-8(13)4-6-10(15-2)11(7)12/h4,6-7,9H,3,5,14H2,1-2H3. The SMILES string of the molecule is COc1ccc(Cl)c2c1C(C)CCC2N. The first-order valence-electron chi connectivity index (χ1n) is 5.27. The van der Waals surface area contributed by atoms with Crippen molar-refractivity contribution in [3.8, 4) is 5.75 Å². The van der Waals surface area contributed by atoms with E-state index in [9.17, 15) is 0 Å². The van der Waals surface area contributed by atoms with Gasteiger partial charge in [0.2, 0.25) is 0 Å². The van der Waals surface area contributed by atoms with Crippen LogP contribution in [0, 0.1) is 0 Å². The minimum atomic E-state index is 0.0544. The van der Waals surface area contributed by atoms with Crippen molar-refractivity contribution in [3.63, 3.8) is 0 Å². The number of nitrogens with two attached hydrogens (primary N) is 1. The summed E-state index contributed by atoms with van der Waals surface area (Å²) in [5, 5.41) is 0.768. The van der Waals surface area contributed by atoms with Crippen molar-refractivity contribution in [2.45, 2.75) is 31.7 Å². The molecule has 3 heteroatoms. The molecule has 0 aromatic heterocycles. The third kappa shape index (κ3) is 1.72. The number of methoxy groups -OCH3 is 1. The van der Waals surface area contributed by atoms with E-state index in [0.29, 0.717) is 5.92 Å². The highest BCUT2D eigenvalue weighted by Gasteiger charge is 2.27. The molecule has 82 valence electrons. The summed E-state index contributed by atoms with van der Waals surface area (Å²) in [6.45, 7) is 2.20. The molecule has 0 spiro atoms. The quantitative estimate of drug-likeness (QED) is 0.797. The van der Waals surface area contributed by atoms with E-state index in [1.807, 2.05) is 12.1 Å². The van der Waals surface area contributed by atoms with E-state index in [1.54, 1.807) is 7.11 Å². The number of hydrogen-bond acceptors (Lipinski definition) is 2. The largest absolute Gasteiger partial charge is 0.496 e. The van der Waals surface area contributed by atoms with Crippen LogP contribution in [0.2, 0.25) is 5.02 Å². The van der Waals surface area contributed by atoms with Crippen LogP contribution in [0.15, 0.2) is 12.1 Å². The Hall–Kier alpha value is -0.730. The summed E-state index contributed by atoms with van der Waals surface area (Å²) in [5.74, 6) is 1.39.